The molecule has 116 valence electrons. The van der Waals surface area contributed by atoms with Crippen LogP contribution in [0.25, 0.3) is 5.57 Å². The average Bonchev–Trinajstić information content (AvgIpc) is 2.46. The summed E-state index contributed by atoms with van der Waals surface area (Å²) >= 11 is 0. The predicted octanol–water partition coefficient (Wildman–Crippen LogP) is 2.62. The van der Waals surface area contributed by atoms with Gasteiger partial charge in [0.2, 0.25) is 5.91 Å². The summed E-state index contributed by atoms with van der Waals surface area (Å²) in [7, 11) is 1.62. The summed E-state index contributed by atoms with van der Waals surface area (Å²) in [4.78, 5) is 12.1. The molecule has 0 saturated carbocycles. The van der Waals surface area contributed by atoms with Crippen LogP contribution < -0.4 is 10.1 Å². The fourth-order valence-corrected chi connectivity index (χ4v) is 2.08. The van der Waals surface area contributed by atoms with E-state index < -0.39 is 0 Å². The van der Waals surface area contributed by atoms with Gasteiger partial charge in [0.15, 0.2) is 0 Å². The highest BCUT2D eigenvalue weighted by atomic mass is 16.5. The molecule has 0 spiro atoms. The van der Waals surface area contributed by atoms with Gasteiger partial charge in [-0.1, -0.05) is 26.0 Å². The van der Waals surface area contributed by atoms with Gasteiger partial charge in [-0.3, -0.25) is 4.79 Å². The van der Waals surface area contributed by atoms with Gasteiger partial charge in [-0.15, -0.1) is 0 Å². The minimum atomic E-state index is -0.137. The minimum Gasteiger partial charge on any atom is -0.497 e. The summed E-state index contributed by atoms with van der Waals surface area (Å²) in [5.74, 6) is 0.912. The number of carbonyl (C=O) groups excluding carboxylic acids is 1. The number of ether oxygens (including phenoxy) is 1. The van der Waals surface area contributed by atoms with Crippen molar-refractivity contribution in [3.05, 3.63) is 35.9 Å². The van der Waals surface area contributed by atoms with E-state index in [-0.39, 0.29) is 24.5 Å². The first kappa shape index (κ1) is 17.2. The Labute approximate surface area is 126 Å². The number of nitrogens with one attached hydrogen (secondary N) is 1. The van der Waals surface area contributed by atoms with Crippen LogP contribution in [0.3, 0.4) is 0 Å². The number of aliphatic hydroxyl groups is 1. The van der Waals surface area contributed by atoms with Crippen LogP contribution in [0.2, 0.25) is 0 Å². The molecule has 1 aromatic rings. The number of methoxy groups -OCH3 is 1. The lowest BCUT2D eigenvalue weighted by Crippen LogP contribution is -2.38. The van der Waals surface area contributed by atoms with Crippen molar-refractivity contribution >= 4 is 11.5 Å². The van der Waals surface area contributed by atoms with Gasteiger partial charge in [-0.25, -0.2) is 0 Å². The Hall–Kier alpha value is -1.81. The molecule has 4 nitrogen and oxygen atoms in total. The Bertz CT molecular complexity index is 495. The lowest BCUT2D eigenvalue weighted by molar-refractivity contribution is -0.117. The third kappa shape index (κ3) is 5.60. The number of carbonyl (C=O) groups is 1. The zero-order chi connectivity index (χ0) is 15.8. The highest BCUT2D eigenvalue weighted by Crippen LogP contribution is 2.19. The van der Waals surface area contributed by atoms with Crippen molar-refractivity contribution < 1.29 is 14.6 Å². The number of aliphatic hydroxyl groups excluding tert-OH is 1. The van der Waals surface area contributed by atoms with Crippen LogP contribution in [0.15, 0.2) is 30.3 Å². The van der Waals surface area contributed by atoms with Crippen molar-refractivity contribution in [3.63, 3.8) is 0 Å². The molecule has 1 aromatic carbocycles. The molecular formula is C17H25NO3. The van der Waals surface area contributed by atoms with E-state index in [9.17, 15) is 4.79 Å². The number of allylic oxidation sites excluding steroid dienone is 1. The number of benzene rings is 1. The molecule has 0 aliphatic heterocycles. The smallest absolute Gasteiger partial charge is 0.244 e. The number of rotatable bonds is 7. The van der Waals surface area contributed by atoms with Crippen molar-refractivity contribution in [2.45, 2.75) is 33.2 Å². The van der Waals surface area contributed by atoms with Gasteiger partial charge in [0.25, 0.3) is 0 Å². The summed E-state index contributed by atoms with van der Waals surface area (Å²) in [5, 5.41) is 12.0. The van der Waals surface area contributed by atoms with Crippen LogP contribution in [-0.4, -0.2) is 30.8 Å². The van der Waals surface area contributed by atoms with Gasteiger partial charge in [-0.05, 0) is 42.5 Å². The van der Waals surface area contributed by atoms with Crippen LogP contribution in [0.4, 0.5) is 0 Å². The van der Waals surface area contributed by atoms with Gasteiger partial charge in [0, 0.05) is 18.7 Å². The van der Waals surface area contributed by atoms with E-state index in [4.69, 9.17) is 9.84 Å². The highest BCUT2D eigenvalue weighted by Gasteiger charge is 2.14. The maximum absolute atomic E-state index is 12.1. The van der Waals surface area contributed by atoms with Crippen molar-refractivity contribution in [2.75, 3.05) is 13.7 Å². The van der Waals surface area contributed by atoms with Gasteiger partial charge >= 0.3 is 0 Å². The van der Waals surface area contributed by atoms with E-state index >= 15 is 0 Å². The topological polar surface area (TPSA) is 58.6 Å². The molecule has 1 amide bonds. The van der Waals surface area contributed by atoms with E-state index in [1.165, 1.54) is 0 Å². The maximum atomic E-state index is 12.1. The molecule has 0 heterocycles. The van der Waals surface area contributed by atoms with E-state index in [1.807, 2.05) is 45.0 Å². The third-order valence-electron chi connectivity index (χ3n) is 3.45. The van der Waals surface area contributed by atoms with Crippen molar-refractivity contribution in [1.82, 2.24) is 5.32 Å². The number of hydrogen-bond acceptors (Lipinski definition) is 3. The molecule has 1 unspecified atom stereocenters. The first-order valence-corrected chi connectivity index (χ1v) is 7.22. The fourth-order valence-electron chi connectivity index (χ4n) is 2.08. The molecule has 0 radical (unpaired) electrons. The zero-order valence-corrected chi connectivity index (χ0v) is 13.2. The second kappa shape index (κ2) is 8.47. The molecule has 0 saturated heterocycles. The molecular weight excluding hydrogens is 266 g/mol. The molecule has 0 fully saturated rings. The number of amides is 1. The summed E-state index contributed by atoms with van der Waals surface area (Å²) < 4.78 is 5.18. The monoisotopic (exact) mass is 291 g/mol. The van der Waals surface area contributed by atoms with Crippen LogP contribution in [-0.2, 0) is 4.79 Å². The van der Waals surface area contributed by atoms with Crippen molar-refractivity contribution in [3.8, 4) is 5.75 Å². The SMILES string of the molecule is COc1cccc(/C(C)=C/C(=O)NC(CCO)C(C)C)c1. The van der Waals surface area contributed by atoms with E-state index in [0.717, 1.165) is 16.9 Å². The first-order chi connectivity index (χ1) is 9.97. The molecule has 21 heavy (non-hydrogen) atoms. The molecule has 0 aliphatic carbocycles. The average molecular weight is 291 g/mol. The Morgan fingerprint density at radius 2 is 2.14 bits per heavy atom. The van der Waals surface area contributed by atoms with Crippen molar-refractivity contribution in [1.29, 1.82) is 0 Å². The van der Waals surface area contributed by atoms with Gasteiger partial charge in [0.1, 0.15) is 5.75 Å². The van der Waals surface area contributed by atoms with E-state index in [2.05, 4.69) is 5.32 Å². The summed E-state index contributed by atoms with van der Waals surface area (Å²) in [5.41, 5.74) is 1.82. The predicted molar refractivity (Wildman–Crippen MR) is 85.1 cm³/mol. The molecule has 0 aromatic heterocycles. The Morgan fingerprint density at radius 3 is 2.71 bits per heavy atom. The normalized spacial score (nSPS) is 13.1. The largest absolute Gasteiger partial charge is 0.497 e. The van der Waals surface area contributed by atoms with E-state index in [1.54, 1.807) is 13.2 Å². The summed E-state index contributed by atoms with van der Waals surface area (Å²) in [6.07, 6.45) is 2.15. The minimum absolute atomic E-state index is 0.0168. The lowest BCUT2D eigenvalue weighted by Gasteiger charge is -2.20. The molecule has 1 atom stereocenters. The van der Waals surface area contributed by atoms with Crippen LogP contribution in [0.5, 0.6) is 5.75 Å². The number of hydrogen-bond donors (Lipinski definition) is 2. The summed E-state index contributed by atoms with van der Waals surface area (Å²) in [6.45, 7) is 6.02. The zero-order valence-electron chi connectivity index (χ0n) is 13.2. The molecule has 0 bridgehead atoms. The standard InChI is InChI=1S/C17H25NO3/c1-12(2)16(8-9-19)18-17(20)10-13(3)14-6-5-7-15(11-14)21-4/h5-7,10-12,16,19H,8-9H2,1-4H3,(H,18,20)/b13-10+. The first-order valence-electron chi connectivity index (χ1n) is 7.22. The lowest BCUT2D eigenvalue weighted by atomic mass is 10.0. The second-order valence-corrected chi connectivity index (χ2v) is 5.43. The maximum Gasteiger partial charge on any atom is 0.244 e. The van der Waals surface area contributed by atoms with Crippen LogP contribution in [0.1, 0.15) is 32.8 Å². The Balaban J connectivity index is 2.78. The quantitative estimate of drug-likeness (QED) is 0.759. The van der Waals surface area contributed by atoms with Gasteiger partial charge in [0.05, 0.1) is 7.11 Å². The van der Waals surface area contributed by atoms with Crippen molar-refractivity contribution in [2.24, 2.45) is 5.92 Å². The van der Waals surface area contributed by atoms with Gasteiger partial charge in [-0.2, -0.15) is 0 Å². The highest BCUT2D eigenvalue weighted by molar-refractivity contribution is 5.95. The molecule has 1 rings (SSSR count). The molecule has 0 aliphatic rings. The Morgan fingerprint density at radius 1 is 1.43 bits per heavy atom. The molecule has 2 N–H and O–H groups in total. The van der Waals surface area contributed by atoms with Gasteiger partial charge < -0.3 is 15.2 Å². The fraction of sp³-hybridized carbons (Fsp3) is 0.471. The van der Waals surface area contributed by atoms with E-state index in [0.29, 0.717) is 6.42 Å². The van der Waals surface area contributed by atoms with Crippen LogP contribution in [0, 0.1) is 5.92 Å². The second-order valence-electron chi connectivity index (χ2n) is 5.43. The Kier molecular flexibility index (Phi) is 6.96. The molecule has 4 heteroatoms. The summed E-state index contributed by atoms with van der Waals surface area (Å²) in [6, 6.07) is 7.58. The third-order valence-corrected chi connectivity index (χ3v) is 3.45. The van der Waals surface area contributed by atoms with Crippen LogP contribution >= 0.6 is 0 Å².